The summed E-state index contributed by atoms with van der Waals surface area (Å²) in [6.45, 7) is 8.20. The molecule has 5 nitrogen and oxygen atoms in total. The van der Waals surface area contributed by atoms with E-state index in [2.05, 4.69) is 41.0 Å². The Bertz CT molecular complexity index is 527. The lowest BCUT2D eigenvalue weighted by molar-refractivity contribution is 0.136. The zero-order valence-electron chi connectivity index (χ0n) is 12.9. The molecular weight excluding hydrogens is 250 g/mol. The molecule has 1 aromatic heterocycles. The van der Waals surface area contributed by atoms with Gasteiger partial charge in [0.1, 0.15) is 12.0 Å². The molecule has 3 rings (SSSR count). The molecule has 0 amide bonds. The van der Waals surface area contributed by atoms with Gasteiger partial charge in [-0.25, -0.2) is 9.97 Å². The number of hydrogen-bond donors (Lipinski definition) is 2. The molecule has 0 spiro atoms. The Balaban J connectivity index is 1.97. The third-order valence-corrected chi connectivity index (χ3v) is 4.79. The van der Waals surface area contributed by atoms with E-state index in [9.17, 15) is 0 Å². The number of rotatable bonds is 2. The van der Waals surface area contributed by atoms with Gasteiger partial charge < -0.3 is 16.0 Å². The summed E-state index contributed by atoms with van der Waals surface area (Å²) in [4.78, 5) is 11.1. The molecule has 2 unspecified atom stereocenters. The Labute approximate surface area is 121 Å². The van der Waals surface area contributed by atoms with Crippen LogP contribution in [-0.4, -0.2) is 29.6 Å². The second kappa shape index (κ2) is 4.24. The van der Waals surface area contributed by atoms with Gasteiger partial charge in [0.15, 0.2) is 11.6 Å². The summed E-state index contributed by atoms with van der Waals surface area (Å²) in [6.07, 6.45) is 5.33. The normalized spacial score (nSPS) is 31.4. The number of nitrogens with two attached hydrogens (primary N) is 1. The van der Waals surface area contributed by atoms with Gasteiger partial charge in [-0.15, -0.1) is 0 Å². The molecule has 110 valence electrons. The van der Waals surface area contributed by atoms with E-state index < -0.39 is 0 Å². The van der Waals surface area contributed by atoms with Crippen molar-refractivity contribution in [1.82, 2.24) is 9.97 Å². The molecule has 1 aliphatic carbocycles. The predicted octanol–water partition coefficient (Wildman–Crippen LogP) is 2.51. The fourth-order valence-electron chi connectivity index (χ4n) is 4.52. The molecule has 2 aliphatic rings. The lowest BCUT2D eigenvalue weighted by atomic mass is 9.65. The zero-order valence-corrected chi connectivity index (χ0v) is 12.9. The Morgan fingerprint density at radius 1 is 1.30 bits per heavy atom. The van der Waals surface area contributed by atoms with Crippen molar-refractivity contribution in [2.24, 2.45) is 10.8 Å². The van der Waals surface area contributed by atoms with Crippen LogP contribution >= 0.6 is 0 Å². The average molecular weight is 275 g/mol. The predicted molar refractivity (Wildman–Crippen MR) is 82.9 cm³/mol. The molecule has 5 heteroatoms. The van der Waals surface area contributed by atoms with Gasteiger partial charge in [-0.3, -0.25) is 0 Å². The highest BCUT2D eigenvalue weighted by Gasteiger charge is 2.50. The Kier molecular flexibility index (Phi) is 2.85. The second-order valence-corrected chi connectivity index (χ2v) is 7.55. The second-order valence-electron chi connectivity index (χ2n) is 7.55. The first kappa shape index (κ1) is 13.5. The number of aromatic nitrogens is 2. The van der Waals surface area contributed by atoms with E-state index in [1.54, 1.807) is 6.33 Å². The molecule has 20 heavy (non-hydrogen) atoms. The highest BCUT2D eigenvalue weighted by Crippen LogP contribution is 2.53. The number of nitrogens with zero attached hydrogens (tertiary/aromatic N) is 3. The van der Waals surface area contributed by atoms with Gasteiger partial charge in [0, 0.05) is 19.6 Å². The summed E-state index contributed by atoms with van der Waals surface area (Å²) < 4.78 is 0. The van der Waals surface area contributed by atoms with Crippen LogP contribution in [0.25, 0.3) is 0 Å². The molecule has 2 bridgehead atoms. The Morgan fingerprint density at radius 2 is 2.05 bits per heavy atom. The maximum atomic E-state index is 6.24. The number of hydrogen-bond acceptors (Lipinski definition) is 5. The largest absolute Gasteiger partial charge is 0.393 e. The number of fused-ring (bicyclic) bond motifs is 2. The van der Waals surface area contributed by atoms with Crippen molar-refractivity contribution in [2.75, 3.05) is 29.5 Å². The van der Waals surface area contributed by atoms with Crippen molar-refractivity contribution in [3.63, 3.8) is 0 Å². The summed E-state index contributed by atoms with van der Waals surface area (Å²) in [5, 5.41) is 3.04. The van der Waals surface area contributed by atoms with Gasteiger partial charge in [0.05, 0.1) is 0 Å². The van der Waals surface area contributed by atoms with Crippen LogP contribution in [0.4, 0.5) is 17.3 Å². The smallest absolute Gasteiger partial charge is 0.157 e. The van der Waals surface area contributed by atoms with Crippen molar-refractivity contribution in [1.29, 1.82) is 0 Å². The number of nitrogen functional groups attached to an aromatic ring is 1. The van der Waals surface area contributed by atoms with E-state index in [0.29, 0.717) is 22.6 Å². The molecule has 3 N–H and O–H groups in total. The van der Waals surface area contributed by atoms with Crippen LogP contribution in [0.3, 0.4) is 0 Å². The minimum absolute atomic E-state index is 0.379. The van der Waals surface area contributed by atoms with Crippen LogP contribution in [0, 0.1) is 10.8 Å². The lowest BCUT2D eigenvalue weighted by Crippen LogP contribution is -2.35. The van der Waals surface area contributed by atoms with Crippen molar-refractivity contribution < 1.29 is 0 Å². The highest BCUT2D eigenvalue weighted by molar-refractivity contribution is 5.75. The summed E-state index contributed by atoms with van der Waals surface area (Å²) in [7, 11) is 1.84. The molecule has 0 radical (unpaired) electrons. The van der Waals surface area contributed by atoms with Crippen LogP contribution in [-0.2, 0) is 0 Å². The number of nitrogens with one attached hydrogen (secondary N) is 1. The van der Waals surface area contributed by atoms with Gasteiger partial charge >= 0.3 is 0 Å². The van der Waals surface area contributed by atoms with E-state index in [0.717, 1.165) is 18.2 Å². The first-order chi connectivity index (χ1) is 9.34. The highest BCUT2D eigenvalue weighted by atomic mass is 15.3. The fourth-order valence-corrected chi connectivity index (χ4v) is 4.52. The topological polar surface area (TPSA) is 67.1 Å². The summed E-state index contributed by atoms with van der Waals surface area (Å²) in [6, 6.07) is 0.547. The van der Waals surface area contributed by atoms with Crippen molar-refractivity contribution >= 4 is 17.3 Å². The van der Waals surface area contributed by atoms with E-state index >= 15 is 0 Å². The first-order valence-corrected chi connectivity index (χ1v) is 7.38. The van der Waals surface area contributed by atoms with E-state index in [1.807, 2.05) is 7.05 Å². The molecule has 1 saturated heterocycles. The van der Waals surface area contributed by atoms with Crippen molar-refractivity contribution in [2.45, 2.75) is 46.1 Å². The third kappa shape index (κ3) is 2.09. The molecule has 0 aromatic carbocycles. The fraction of sp³-hybridized carbons (Fsp3) is 0.733. The first-order valence-electron chi connectivity index (χ1n) is 7.38. The molecule has 1 aliphatic heterocycles. The third-order valence-electron chi connectivity index (χ3n) is 4.79. The molecule has 2 atom stereocenters. The SMILES string of the molecule is CNc1ncnc(N2CC3(C)CC2CC(C)(C)C3)c1N. The monoisotopic (exact) mass is 275 g/mol. The van der Waals surface area contributed by atoms with E-state index in [1.165, 1.54) is 19.3 Å². The van der Waals surface area contributed by atoms with Crippen LogP contribution in [0.1, 0.15) is 40.0 Å². The molecular formula is C15H25N5. The van der Waals surface area contributed by atoms with Gasteiger partial charge in [-0.2, -0.15) is 0 Å². The molecule has 2 heterocycles. The van der Waals surface area contributed by atoms with Crippen LogP contribution < -0.4 is 16.0 Å². The van der Waals surface area contributed by atoms with E-state index in [-0.39, 0.29) is 0 Å². The summed E-state index contributed by atoms with van der Waals surface area (Å²) >= 11 is 0. The minimum atomic E-state index is 0.379. The Hall–Kier alpha value is -1.52. The molecule has 2 fully saturated rings. The van der Waals surface area contributed by atoms with Crippen LogP contribution in [0.2, 0.25) is 0 Å². The van der Waals surface area contributed by atoms with Crippen molar-refractivity contribution in [3.05, 3.63) is 6.33 Å². The summed E-state index contributed by atoms with van der Waals surface area (Å²) in [5.41, 5.74) is 7.69. The summed E-state index contributed by atoms with van der Waals surface area (Å²) in [5.74, 6) is 1.62. The van der Waals surface area contributed by atoms with Crippen LogP contribution in [0.15, 0.2) is 6.33 Å². The van der Waals surface area contributed by atoms with E-state index in [4.69, 9.17) is 5.73 Å². The molecule has 1 aromatic rings. The Morgan fingerprint density at radius 3 is 2.75 bits per heavy atom. The van der Waals surface area contributed by atoms with Gasteiger partial charge in [0.2, 0.25) is 0 Å². The maximum absolute atomic E-state index is 6.24. The minimum Gasteiger partial charge on any atom is -0.393 e. The zero-order chi connectivity index (χ0) is 14.5. The van der Waals surface area contributed by atoms with Gasteiger partial charge in [0.25, 0.3) is 0 Å². The van der Waals surface area contributed by atoms with Gasteiger partial charge in [-0.05, 0) is 30.1 Å². The molecule has 1 saturated carbocycles. The lowest BCUT2D eigenvalue weighted by Gasteiger charge is -2.39. The standard InChI is InChI=1S/C15H25N5/c1-14(2)5-10-6-15(3,7-14)8-20(10)13-11(16)12(17-4)18-9-19-13/h9-10H,5-8,16H2,1-4H3,(H,17,18,19). The van der Waals surface area contributed by atoms with Crippen molar-refractivity contribution in [3.8, 4) is 0 Å². The maximum Gasteiger partial charge on any atom is 0.157 e. The quantitative estimate of drug-likeness (QED) is 0.868. The number of anilines is 3. The average Bonchev–Trinajstić information content (AvgIpc) is 2.59. The van der Waals surface area contributed by atoms with Gasteiger partial charge in [-0.1, -0.05) is 20.8 Å². The van der Waals surface area contributed by atoms with Crippen LogP contribution in [0.5, 0.6) is 0 Å².